The van der Waals surface area contributed by atoms with Crippen molar-refractivity contribution in [1.82, 2.24) is 4.98 Å². The predicted molar refractivity (Wildman–Crippen MR) is 38.7 cm³/mol. The Bertz CT molecular complexity index is 232. The summed E-state index contributed by atoms with van der Waals surface area (Å²) in [7, 11) is 0. The molecule has 0 spiro atoms. The molecular weight excluding hydrogens is 126 g/mol. The first-order chi connectivity index (χ1) is 4.84. The molecule has 0 fully saturated rings. The average Bonchev–Trinajstić information content (AvgIpc) is 1.94. The molecule has 0 amide bonds. The number of carbonyl (C=O) groups is 1. The van der Waals surface area contributed by atoms with Crippen LogP contribution in [0.2, 0.25) is 0 Å². The van der Waals surface area contributed by atoms with Crippen molar-refractivity contribution in [2.24, 2.45) is 0 Å². The fourth-order valence-electron chi connectivity index (χ4n) is 0.811. The molecular formula is C8H9NO. The average molecular weight is 135 g/mol. The first-order valence-electron chi connectivity index (χ1n) is 3.18. The van der Waals surface area contributed by atoms with Crippen LogP contribution >= 0.6 is 0 Å². The van der Waals surface area contributed by atoms with E-state index < -0.39 is 0 Å². The summed E-state index contributed by atoms with van der Waals surface area (Å²) >= 11 is 0. The number of aromatic nitrogens is 1. The van der Waals surface area contributed by atoms with Crippen LogP contribution in [-0.4, -0.2) is 11.3 Å². The van der Waals surface area contributed by atoms with E-state index in [4.69, 9.17) is 0 Å². The Labute approximate surface area is 59.9 Å². The highest BCUT2D eigenvalue weighted by molar-refractivity contribution is 5.54. The molecule has 2 nitrogen and oxygen atoms in total. The minimum absolute atomic E-state index is 0.423. The summed E-state index contributed by atoms with van der Waals surface area (Å²) in [5, 5.41) is 0. The largest absolute Gasteiger partial charge is 0.303 e. The highest BCUT2D eigenvalue weighted by Crippen LogP contribution is 2.01. The Hall–Kier alpha value is -1.18. The third-order valence-corrected chi connectivity index (χ3v) is 1.39. The van der Waals surface area contributed by atoms with E-state index in [2.05, 4.69) is 4.98 Å². The molecule has 0 saturated carbocycles. The molecule has 0 radical (unpaired) electrons. The summed E-state index contributed by atoms with van der Waals surface area (Å²) in [6.07, 6.45) is 2.99. The number of pyridine rings is 1. The van der Waals surface area contributed by atoms with Gasteiger partial charge in [0.15, 0.2) is 0 Å². The first-order valence-corrected chi connectivity index (χ1v) is 3.18. The lowest BCUT2D eigenvalue weighted by Gasteiger charge is -1.96. The Morgan fingerprint density at radius 2 is 2.50 bits per heavy atom. The quantitative estimate of drug-likeness (QED) is 0.569. The number of aldehydes is 1. The van der Waals surface area contributed by atoms with E-state index in [-0.39, 0.29) is 0 Å². The lowest BCUT2D eigenvalue weighted by atomic mass is 10.2. The van der Waals surface area contributed by atoms with Crippen molar-refractivity contribution in [2.75, 3.05) is 0 Å². The van der Waals surface area contributed by atoms with E-state index in [1.54, 1.807) is 6.20 Å². The van der Waals surface area contributed by atoms with Crippen LogP contribution in [0, 0.1) is 6.92 Å². The molecule has 0 bridgehead atoms. The Kier molecular flexibility index (Phi) is 2.15. The van der Waals surface area contributed by atoms with E-state index in [9.17, 15) is 4.79 Å². The van der Waals surface area contributed by atoms with Crippen LogP contribution in [-0.2, 0) is 11.2 Å². The van der Waals surface area contributed by atoms with Gasteiger partial charge in [0.25, 0.3) is 0 Å². The highest BCUT2D eigenvalue weighted by atomic mass is 16.1. The number of rotatable bonds is 2. The Morgan fingerprint density at radius 1 is 1.70 bits per heavy atom. The second-order valence-electron chi connectivity index (χ2n) is 2.14. The first kappa shape index (κ1) is 6.93. The third kappa shape index (κ3) is 1.41. The van der Waals surface area contributed by atoms with Crippen molar-refractivity contribution in [1.29, 1.82) is 0 Å². The van der Waals surface area contributed by atoms with Crippen molar-refractivity contribution in [2.45, 2.75) is 13.3 Å². The molecule has 1 aromatic rings. The van der Waals surface area contributed by atoms with E-state index >= 15 is 0 Å². The molecule has 0 N–H and O–H groups in total. The zero-order valence-electron chi connectivity index (χ0n) is 5.87. The van der Waals surface area contributed by atoms with E-state index in [0.29, 0.717) is 6.42 Å². The number of nitrogens with zero attached hydrogens (tertiary/aromatic N) is 1. The number of carbonyl (C=O) groups excluding carboxylic acids is 1. The molecule has 0 aromatic carbocycles. The zero-order chi connectivity index (χ0) is 7.40. The smallest absolute Gasteiger partial charge is 0.125 e. The third-order valence-electron chi connectivity index (χ3n) is 1.39. The molecule has 0 saturated heterocycles. The molecule has 10 heavy (non-hydrogen) atoms. The van der Waals surface area contributed by atoms with Gasteiger partial charge in [-0.25, -0.2) is 0 Å². The molecule has 1 aromatic heterocycles. The maximum absolute atomic E-state index is 10.1. The van der Waals surface area contributed by atoms with Crippen LogP contribution in [0.15, 0.2) is 18.3 Å². The molecule has 52 valence electrons. The van der Waals surface area contributed by atoms with E-state index in [1.807, 2.05) is 19.1 Å². The molecule has 0 atom stereocenters. The standard InChI is InChI=1S/C8H9NO/c1-7-3-2-5-9-8(7)4-6-10/h2-3,5-6H,4H2,1H3. The molecule has 0 aliphatic carbocycles. The lowest BCUT2D eigenvalue weighted by molar-refractivity contribution is -0.107. The topological polar surface area (TPSA) is 30.0 Å². The van der Waals surface area contributed by atoms with Gasteiger partial charge in [0, 0.05) is 12.6 Å². The van der Waals surface area contributed by atoms with Gasteiger partial charge in [-0.15, -0.1) is 0 Å². The maximum atomic E-state index is 10.1. The van der Waals surface area contributed by atoms with Gasteiger partial charge >= 0.3 is 0 Å². The van der Waals surface area contributed by atoms with Gasteiger partial charge in [0.2, 0.25) is 0 Å². The van der Waals surface area contributed by atoms with Crippen LogP contribution in [0.25, 0.3) is 0 Å². The molecule has 2 heteroatoms. The van der Waals surface area contributed by atoms with Gasteiger partial charge < -0.3 is 4.79 Å². The number of hydrogen-bond donors (Lipinski definition) is 0. The van der Waals surface area contributed by atoms with Crippen molar-refractivity contribution < 1.29 is 4.79 Å². The minimum Gasteiger partial charge on any atom is -0.303 e. The van der Waals surface area contributed by atoms with Gasteiger partial charge in [-0.1, -0.05) is 6.07 Å². The van der Waals surface area contributed by atoms with Crippen molar-refractivity contribution in [3.05, 3.63) is 29.6 Å². The predicted octanol–water partition coefficient (Wildman–Crippen LogP) is 1.13. The monoisotopic (exact) mass is 135 g/mol. The van der Waals surface area contributed by atoms with Gasteiger partial charge in [-0.2, -0.15) is 0 Å². The summed E-state index contributed by atoms with van der Waals surface area (Å²) in [6.45, 7) is 1.95. The number of aryl methyl sites for hydroxylation is 1. The van der Waals surface area contributed by atoms with E-state index in [0.717, 1.165) is 17.5 Å². The highest BCUT2D eigenvalue weighted by Gasteiger charge is 1.94. The second-order valence-corrected chi connectivity index (χ2v) is 2.14. The van der Waals surface area contributed by atoms with Crippen molar-refractivity contribution in [3.63, 3.8) is 0 Å². The Morgan fingerprint density at radius 3 is 3.10 bits per heavy atom. The van der Waals surface area contributed by atoms with Crippen LogP contribution in [0.1, 0.15) is 11.3 Å². The van der Waals surface area contributed by atoms with Crippen LogP contribution in [0.3, 0.4) is 0 Å². The lowest BCUT2D eigenvalue weighted by Crippen LogP contribution is -1.93. The molecule has 0 aliphatic heterocycles. The number of hydrogen-bond acceptors (Lipinski definition) is 2. The van der Waals surface area contributed by atoms with E-state index in [1.165, 1.54) is 0 Å². The summed E-state index contributed by atoms with van der Waals surface area (Å²) < 4.78 is 0. The normalized spacial score (nSPS) is 9.30. The van der Waals surface area contributed by atoms with Crippen LogP contribution in [0.4, 0.5) is 0 Å². The van der Waals surface area contributed by atoms with Crippen molar-refractivity contribution in [3.8, 4) is 0 Å². The maximum Gasteiger partial charge on any atom is 0.125 e. The fraction of sp³-hybridized carbons (Fsp3) is 0.250. The SMILES string of the molecule is Cc1cccnc1CC=O. The van der Waals surface area contributed by atoms with Gasteiger partial charge in [-0.3, -0.25) is 4.98 Å². The summed E-state index contributed by atoms with van der Waals surface area (Å²) in [4.78, 5) is 14.1. The summed E-state index contributed by atoms with van der Waals surface area (Å²) in [6, 6.07) is 3.81. The summed E-state index contributed by atoms with van der Waals surface area (Å²) in [5.74, 6) is 0. The van der Waals surface area contributed by atoms with Crippen LogP contribution < -0.4 is 0 Å². The van der Waals surface area contributed by atoms with Crippen molar-refractivity contribution >= 4 is 6.29 Å². The Balaban J connectivity index is 2.91. The molecule has 1 rings (SSSR count). The fourth-order valence-corrected chi connectivity index (χ4v) is 0.811. The molecule has 1 heterocycles. The van der Waals surface area contributed by atoms with Gasteiger partial charge in [0.05, 0.1) is 5.69 Å². The minimum atomic E-state index is 0.423. The molecule has 0 aliphatic rings. The zero-order valence-corrected chi connectivity index (χ0v) is 5.87. The van der Waals surface area contributed by atoms with Gasteiger partial charge in [-0.05, 0) is 18.6 Å². The summed E-state index contributed by atoms with van der Waals surface area (Å²) in [5.41, 5.74) is 1.95. The molecule has 0 unspecified atom stereocenters. The van der Waals surface area contributed by atoms with Gasteiger partial charge in [0.1, 0.15) is 6.29 Å². The van der Waals surface area contributed by atoms with Crippen LogP contribution in [0.5, 0.6) is 0 Å². The second kappa shape index (κ2) is 3.11.